The lowest BCUT2D eigenvalue weighted by Crippen LogP contribution is -2.71. The monoisotopic (exact) mass is 862 g/mol. The van der Waals surface area contributed by atoms with E-state index < -0.39 is 89.5 Å². The Morgan fingerprint density at radius 2 is 1.70 bits per heavy atom. The second-order valence-electron chi connectivity index (χ2n) is 17.9. The number of aliphatic hydroxyl groups excluding tert-OH is 1. The summed E-state index contributed by atoms with van der Waals surface area (Å²) in [5, 5.41) is 14.5. The van der Waals surface area contributed by atoms with Gasteiger partial charge in [-0.3, -0.25) is 19.2 Å². The minimum Gasteiger partial charge on any atom is -0.456 e. The van der Waals surface area contributed by atoms with Gasteiger partial charge in [-0.1, -0.05) is 51.0 Å². The van der Waals surface area contributed by atoms with Crippen molar-refractivity contribution in [2.45, 2.75) is 160 Å². The van der Waals surface area contributed by atoms with Crippen molar-refractivity contribution in [3.63, 3.8) is 0 Å². The lowest BCUT2D eigenvalue weighted by Gasteiger charge is -2.49. The molecule has 338 valence electrons. The topological polar surface area (TPSA) is 167 Å². The molecule has 1 aliphatic carbocycles. The molecule has 2 N–H and O–H groups in total. The first-order valence-electron chi connectivity index (χ1n) is 21.9. The summed E-state index contributed by atoms with van der Waals surface area (Å²) >= 11 is 6.00. The zero-order valence-electron chi connectivity index (χ0n) is 37.1. The van der Waals surface area contributed by atoms with Crippen molar-refractivity contribution in [2.75, 3.05) is 33.8 Å². The van der Waals surface area contributed by atoms with E-state index in [-0.39, 0.29) is 49.5 Å². The number of hydrogen-bond donors (Lipinski definition) is 2. The molecule has 13 atom stereocenters. The molecule has 0 aromatic heterocycles. The van der Waals surface area contributed by atoms with E-state index in [1.807, 2.05) is 26.8 Å². The van der Waals surface area contributed by atoms with E-state index in [0.29, 0.717) is 32.1 Å². The van der Waals surface area contributed by atoms with Crippen LogP contribution in [0.25, 0.3) is 0 Å². The number of aliphatic hydroxyl groups is 1. The molecule has 3 heterocycles. The highest BCUT2D eigenvalue weighted by Crippen LogP contribution is 2.39. The number of methoxy groups -OCH3 is 3. The number of cyclic esters (lactones) is 1. The highest BCUT2D eigenvalue weighted by Gasteiger charge is 2.58. The van der Waals surface area contributed by atoms with Crippen LogP contribution in [0.2, 0.25) is 0 Å². The maximum Gasteiger partial charge on any atom is 0.329 e. The third kappa shape index (κ3) is 12.2. The van der Waals surface area contributed by atoms with Crippen LogP contribution in [-0.4, -0.2) is 122 Å². The highest BCUT2D eigenvalue weighted by molar-refractivity contribution is 6.40. The van der Waals surface area contributed by atoms with Gasteiger partial charge in [0.15, 0.2) is 0 Å². The van der Waals surface area contributed by atoms with Crippen LogP contribution >= 0.6 is 11.6 Å². The Bertz CT molecular complexity index is 1580. The molecule has 0 unspecified atom stereocenters. The van der Waals surface area contributed by atoms with E-state index in [1.54, 1.807) is 27.0 Å². The Balaban J connectivity index is 1.84. The number of amides is 2. The highest BCUT2D eigenvalue weighted by atomic mass is 35.5. The number of fused-ring (bicyclic) bond motifs is 3. The molecule has 3 aliphatic heterocycles. The smallest absolute Gasteiger partial charge is 0.329 e. The number of carbonyl (C=O) groups excluding carboxylic acids is 5. The van der Waals surface area contributed by atoms with E-state index in [1.165, 1.54) is 19.1 Å². The number of esters is 1. The molecule has 2 saturated heterocycles. The van der Waals surface area contributed by atoms with Gasteiger partial charge in [-0.2, -0.15) is 0 Å². The number of ether oxygens (including phenoxy) is 5. The molecule has 14 heteroatoms. The molecule has 0 aromatic carbocycles. The van der Waals surface area contributed by atoms with Crippen molar-refractivity contribution in [1.29, 1.82) is 0 Å². The average molecular weight is 864 g/mol. The molecule has 2 bridgehead atoms. The maximum absolute atomic E-state index is 14.9. The summed E-state index contributed by atoms with van der Waals surface area (Å²) in [5.41, 5.74) is -0.471. The van der Waals surface area contributed by atoms with Gasteiger partial charge in [0.2, 0.25) is 11.6 Å². The Morgan fingerprint density at radius 1 is 1.00 bits per heavy atom. The van der Waals surface area contributed by atoms with E-state index in [4.69, 9.17) is 35.3 Å². The van der Waals surface area contributed by atoms with Crippen LogP contribution < -0.4 is 5.32 Å². The molecule has 4 aliphatic rings. The van der Waals surface area contributed by atoms with E-state index in [0.717, 1.165) is 36.8 Å². The van der Waals surface area contributed by atoms with Crippen molar-refractivity contribution in [2.24, 2.45) is 29.6 Å². The van der Waals surface area contributed by atoms with Crippen molar-refractivity contribution in [3.8, 4) is 0 Å². The number of halogens is 1. The van der Waals surface area contributed by atoms with Crippen LogP contribution in [-0.2, 0) is 47.7 Å². The average Bonchev–Trinajstić information content (AvgIpc) is 3.23. The van der Waals surface area contributed by atoms with Crippen LogP contribution in [0.4, 0.5) is 0 Å². The molecule has 0 radical (unpaired) electrons. The fourth-order valence-electron chi connectivity index (χ4n) is 9.89. The van der Waals surface area contributed by atoms with Crippen molar-refractivity contribution in [1.82, 2.24) is 10.2 Å². The normalized spacial score (nSPS) is 38.1. The summed E-state index contributed by atoms with van der Waals surface area (Å²) in [6.45, 7) is 13.3. The van der Waals surface area contributed by atoms with Crippen molar-refractivity contribution < 1.29 is 52.8 Å². The van der Waals surface area contributed by atoms with Crippen LogP contribution in [0.5, 0.6) is 0 Å². The first-order valence-corrected chi connectivity index (χ1v) is 22.4. The first kappa shape index (κ1) is 49.7. The number of nitrogens with one attached hydrogen (secondary N) is 1. The summed E-state index contributed by atoms with van der Waals surface area (Å²) in [5.74, 6) is -5.98. The molecule has 1 saturated carbocycles. The third-order valence-corrected chi connectivity index (χ3v) is 13.5. The second kappa shape index (κ2) is 22.9. The maximum atomic E-state index is 14.9. The number of hydrogen-bond acceptors (Lipinski definition) is 11. The number of Topliss-reactive ketones (excluding diaryl/α,β-unsaturated/α-hetero) is 2. The van der Waals surface area contributed by atoms with Crippen molar-refractivity contribution in [3.05, 3.63) is 36.0 Å². The quantitative estimate of drug-likeness (QED) is 0.120. The molecule has 4 rings (SSSR count). The molecule has 0 aromatic rings. The second-order valence-corrected chi connectivity index (χ2v) is 18.1. The van der Waals surface area contributed by atoms with Gasteiger partial charge in [0.25, 0.3) is 11.7 Å². The minimum atomic E-state index is -2.15. The SMILES string of the molecule is C=CC[C@@H]1/C=C(\C)C[C@H](C)C[C@H](OC)[C@H]2O[C@@](NC(=O)CCl)(C(=O)C(=O)N3CCCC[C@H]3C(=O)O[C@H](/C(C)=C/[C@@H]3CCC[C@H](OC)C3)[C@H](C)[C@@H](O)CC1=O)[C@H](C)C[C@@H]2OC. The lowest BCUT2D eigenvalue weighted by molar-refractivity contribution is -0.242. The number of nitrogens with zero attached hydrogens (tertiary/aromatic N) is 1. The first-order chi connectivity index (χ1) is 28.5. The Morgan fingerprint density at radius 3 is 2.35 bits per heavy atom. The van der Waals surface area contributed by atoms with Crippen LogP contribution in [0.15, 0.2) is 36.0 Å². The third-order valence-electron chi connectivity index (χ3n) is 13.3. The molecular weight excluding hydrogens is 792 g/mol. The number of ketones is 2. The summed E-state index contributed by atoms with van der Waals surface area (Å²) in [6.07, 6.45) is 8.06. The van der Waals surface area contributed by atoms with E-state index in [2.05, 4.69) is 18.0 Å². The van der Waals surface area contributed by atoms with Crippen LogP contribution in [0, 0.1) is 29.6 Å². The standard InChI is InChI=1S/C46H71ClN2O11/c1-10-14-33-20-27(2)19-28(3)21-38(57-8)42-39(58-9)23-30(5)46(60-42,48-40(52)26-47)43(53)44(54)49-18-12-11-17-35(49)45(55)59-41(31(6)36(50)25-37(33)51)29(4)22-32-15-13-16-34(24-32)56-7/h10,20,22,28,30-36,38-39,41-42,50H,1,11-19,21,23-26H2,2-9H3,(H,48,52)/b27-20+,29-22+/t28-,30+,31+,32-,33+,34-,35-,36-,38-,39-,41+,42+,46+/m0/s1. The molecule has 60 heavy (non-hydrogen) atoms. The van der Waals surface area contributed by atoms with Gasteiger partial charge < -0.3 is 39.0 Å². The minimum absolute atomic E-state index is 0.00820. The largest absolute Gasteiger partial charge is 0.456 e. The summed E-state index contributed by atoms with van der Waals surface area (Å²) in [7, 11) is 4.77. The lowest BCUT2D eigenvalue weighted by atomic mass is 9.80. The zero-order chi connectivity index (χ0) is 44.3. The van der Waals surface area contributed by atoms with E-state index in [9.17, 15) is 29.1 Å². The van der Waals surface area contributed by atoms with Gasteiger partial charge >= 0.3 is 5.97 Å². The number of piperidine rings is 1. The fourth-order valence-corrected chi connectivity index (χ4v) is 9.96. The Hall–Kier alpha value is -2.94. The molecule has 2 amide bonds. The molecule has 13 nitrogen and oxygen atoms in total. The van der Waals surface area contributed by atoms with Crippen LogP contribution in [0.1, 0.15) is 112 Å². The Kier molecular flexibility index (Phi) is 19.0. The summed E-state index contributed by atoms with van der Waals surface area (Å²) in [4.78, 5) is 72.4. The molecular formula is C46H71ClN2O11. The van der Waals surface area contributed by atoms with Gasteiger partial charge in [0, 0.05) is 52.0 Å². The summed E-state index contributed by atoms with van der Waals surface area (Å²) < 4.78 is 30.6. The summed E-state index contributed by atoms with van der Waals surface area (Å²) in [6, 6.07) is -1.14. The van der Waals surface area contributed by atoms with Gasteiger partial charge in [0.05, 0.1) is 24.4 Å². The molecule has 0 spiro atoms. The van der Waals surface area contributed by atoms with Gasteiger partial charge in [-0.25, -0.2) is 4.79 Å². The number of allylic oxidation sites excluding steroid dienone is 4. The number of carbonyl (C=O) groups is 5. The van der Waals surface area contributed by atoms with Gasteiger partial charge in [-0.05, 0) is 95.5 Å². The number of alkyl halides is 1. The van der Waals surface area contributed by atoms with Gasteiger partial charge in [-0.15, -0.1) is 18.2 Å². The predicted octanol–water partition coefficient (Wildman–Crippen LogP) is 6.03. The number of rotatable bonds is 9. The van der Waals surface area contributed by atoms with E-state index >= 15 is 0 Å². The van der Waals surface area contributed by atoms with Crippen LogP contribution in [0.3, 0.4) is 0 Å². The zero-order valence-corrected chi connectivity index (χ0v) is 37.9. The molecule has 3 fully saturated rings. The predicted molar refractivity (Wildman–Crippen MR) is 228 cm³/mol. The van der Waals surface area contributed by atoms with Gasteiger partial charge in [0.1, 0.15) is 29.9 Å². The van der Waals surface area contributed by atoms with Crippen molar-refractivity contribution >= 4 is 41.0 Å². The Labute approximate surface area is 362 Å². The fraction of sp³-hybridized carbons (Fsp3) is 0.761.